The van der Waals surface area contributed by atoms with E-state index in [0.29, 0.717) is 0 Å². The Morgan fingerprint density at radius 1 is 0.619 bits per heavy atom. The quantitative estimate of drug-likeness (QED) is 0.188. The Hall–Kier alpha value is -4.63. The van der Waals surface area contributed by atoms with Crippen molar-refractivity contribution in [1.29, 1.82) is 0 Å². The Bertz CT molecular complexity index is 2130. The first-order chi connectivity index (χ1) is 20.7. The van der Waals surface area contributed by atoms with Crippen LogP contribution in [0.15, 0.2) is 115 Å². The second-order valence-electron chi connectivity index (χ2n) is 11.0. The molecule has 0 unspecified atom stereocenters. The van der Waals surface area contributed by atoms with Gasteiger partial charge in [-0.1, -0.05) is 0 Å². The minimum absolute atomic E-state index is 0.0659. The van der Waals surface area contributed by atoms with Crippen LogP contribution in [0.4, 0.5) is 0 Å². The topological polar surface area (TPSA) is 38.7 Å². The first-order valence-corrected chi connectivity index (χ1v) is 16.0. The van der Waals surface area contributed by atoms with Gasteiger partial charge in [0.1, 0.15) is 0 Å². The van der Waals surface area contributed by atoms with Crippen molar-refractivity contribution in [3.63, 3.8) is 0 Å². The van der Waals surface area contributed by atoms with Crippen molar-refractivity contribution in [2.24, 2.45) is 0 Å². The van der Waals surface area contributed by atoms with Crippen LogP contribution in [-0.4, -0.2) is 29.9 Å². The van der Waals surface area contributed by atoms with Crippen molar-refractivity contribution in [3.8, 4) is 54.6 Å². The van der Waals surface area contributed by atoms with Crippen molar-refractivity contribution in [2.45, 2.75) is 20.3 Å². The van der Waals surface area contributed by atoms with E-state index in [-0.39, 0.29) is 14.5 Å². The summed E-state index contributed by atoms with van der Waals surface area (Å²) >= 11 is 0.0659. The molecule has 2 heterocycles. The molecular weight excluding hydrogens is 577 g/mol. The SMILES string of the molecule is Cc1ccc(-c2c(-c3ccnnn3)[se]c3cccc(-c4ccccc4)c23)c(-c2cccc3c2Cc2ccccc2-3)c1C. The van der Waals surface area contributed by atoms with Gasteiger partial charge in [-0.25, -0.2) is 0 Å². The van der Waals surface area contributed by atoms with E-state index in [1.165, 1.54) is 80.8 Å². The van der Waals surface area contributed by atoms with E-state index in [1.807, 2.05) is 6.07 Å². The summed E-state index contributed by atoms with van der Waals surface area (Å²) in [7, 11) is 0. The van der Waals surface area contributed by atoms with Gasteiger partial charge in [0.15, 0.2) is 0 Å². The predicted molar refractivity (Wildman–Crippen MR) is 174 cm³/mol. The summed E-state index contributed by atoms with van der Waals surface area (Å²) in [6, 6.07) is 39.8. The number of benzene rings is 5. The third-order valence-corrected chi connectivity index (χ3v) is 11.1. The molecule has 42 heavy (non-hydrogen) atoms. The summed E-state index contributed by atoms with van der Waals surface area (Å²) in [4.78, 5) is 0. The molecule has 0 saturated carbocycles. The van der Waals surface area contributed by atoms with Gasteiger partial charge in [0.05, 0.1) is 0 Å². The van der Waals surface area contributed by atoms with Gasteiger partial charge in [-0.05, 0) is 0 Å². The molecule has 7 aromatic rings. The molecule has 2 aromatic heterocycles. The van der Waals surface area contributed by atoms with Gasteiger partial charge in [-0.2, -0.15) is 0 Å². The number of nitrogens with zero attached hydrogens (tertiary/aromatic N) is 3. The summed E-state index contributed by atoms with van der Waals surface area (Å²) in [6.45, 7) is 4.51. The molecule has 0 N–H and O–H groups in total. The number of rotatable bonds is 4. The fourth-order valence-electron chi connectivity index (χ4n) is 6.57. The van der Waals surface area contributed by atoms with Crippen LogP contribution in [0.5, 0.6) is 0 Å². The van der Waals surface area contributed by atoms with Crippen LogP contribution in [0.25, 0.3) is 64.3 Å². The first-order valence-electron chi connectivity index (χ1n) is 14.3. The predicted octanol–water partition coefficient (Wildman–Crippen LogP) is 8.94. The number of aryl methyl sites for hydroxylation is 1. The van der Waals surface area contributed by atoms with E-state index in [9.17, 15) is 0 Å². The van der Waals surface area contributed by atoms with Crippen molar-refractivity contribution in [1.82, 2.24) is 15.4 Å². The van der Waals surface area contributed by atoms with Gasteiger partial charge in [0.2, 0.25) is 0 Å². The molecule has 1 aliphatic carbocycles. The zero-order valence-corrected chi connectivity index (χ0v) is 25.1. The van der Waals surface area contributed by atoms with Gasteiger partial charge >= 0.3 is 252 Å². The summed E-state index contributed by atoms with van der Waals surface area (Å²) in [5, 5.41) is 13.9. The van der Waals surface area contributed by atoms with Crippen LogP contribution in [0.2, 0.25) is 0 Å². The van der Waals surface area contributed by atoms with Crippen molar-refractivity contribution < 1.29 is 0 Å². The summed E-state index contributed by atoms with van der Waals surface area (Å²) < 4.78 is 2.64. The molecule has 1 aliphatic rings. The molecule has 5 aromatic carbocycles. The Morgan fingerprint density at radius 2 is 1.38 bits per heavy atom. The third kappa shape index (κ3) is 3.91. The van der Waals surface area contributed by atoms with Gasteiger partial charge in [-0.3, -0.25) is 0 Å². The molecule has 200 valence electrons. The Kier molecular flexibility index (Phi) is 5.99. The monoisotopic (exact) mass is 605 g/mol. The van der Waals surface area contributed by atoms with E-state index < -0.39 is 0 Å². The minimum atomic E-state index is 0.0659. The second-order valence-corrected chi connectivity index (χ2v) is 13.2. The average Bonchev–Trinajstić information content (AvgIpc) is 3.62. The van der Waals surface area contributed by atoms with E-state index in [4.69, 9.17) is 0 Å². The molecule has 0 aliphatic heterocycles. The Balaban J connectivity index is 1.48. The maximum absolute atomic E-state index is 4.55. The average molecular weight is 605 g/mol. The standard InChI is InChI=1S/C38H27N3Se/c1-23-18-19-31(35(24(23)2)30-16-8-15-29-27-13-7-6-12-26(27)22-32(29)30)37-36-28(25-10-4-3-5-11-25)14-9-17-34(36)42-38(37)33-20-21-39-41-40-33/h3-21H,22H2,1-2H3. The fourth-order valence-corrected chi connectivity index (χ4v) is 9.10. The number of hydrogen-bond acceptors (Lipinski definition) is 3. The van der Waals surface area contributed by atoms with Crippen LogP contribution >= 0.6 is 0 Å². The van der Waals surface area contributed by atoms with Gasteiger partial charge < -0.3 is 0 Å². The molecule has 0 saturated heterocycles. The summed E-state index contributed by atoms with van der Waals surface area (Å²) in [6.07, 6.45) is 2.71. The summed E-state index contributed by atoms with van der Waals surface area (Å²) in [5.41, 5.74) is 16.7. The number of fused-ring (bicyclic) bond motifs is 4. The van der Waals surface area contributed by atoms with E-state index in [1.54, 1.807) is 6.20 Å². The number of aromatic nitrogens is 3. The molecular formula is C38H27N3Se. The first kappa shape index (κ1) is 25.1. The van der Waals surface area contributed by atoms with Gasteiger partial charge in [0, 0.05) is 0 Å². The van der Waals surface area contributed by atoms with Crippen LogP contribution in [-0.2, 0) is 6.42 Å². The molecule has 0 bridgehead atoms. The van der Waals surface area contributed by atoms with Crippen molar-refractivity contribution in [3.05, 3.63) is 138 Å². The number of hydrogen-bond donors (Lipinski definition) is 0. The zero-order valence-electron chi connectivity index (χ0n) is 23.4. The van der Waals surface area contributed by atoms with Gasteiger partial charge in [0.25, 0.3) is 0 Å². The Labute approximate surface area is 251 Å². The normalized spacial score (nSPS) is 12.0. The van der Waals surface area contributed by atoms with Crippen LogP contribution in [0.1, 0.15) is 22.3 Å². The molecule has 0 spiro atoms. The van der Waals surface area contributed by atoms with Crippen LogP contribution < -0.4 is 0 Å². The van der Waals surface area contributed by atoms with Gasteiger partial charge in [-0.15, -0.1) is 0 Å². The van der Waals surface area contributed by atoms with Crippen molar-refractivity contribution >= 4 is 24.1 Å². The molecule has 4 heteroatoms. The maximum atomic E-state index is 4.55. The van der Waals surface area contributed by atoms with Crippen LogP contribution in [0, 0.1) is 13.8 Å². The molecule has 3 nitrogen and oxygen atoms in total. The third-order valence-electron chi connectivity index (χ3n) is 8.66. The van der Waals surface area contributed by atoms with E-state index in [0.717, 1.165) is 12.1 Å². The van der Waals surface area contributed by atoms with Crippen molar-refractivity contribution in [2.75, 3.05) is 0 Å². The summed E-state index contributed by atoms with van der Waals surface area (Å²) in [5.74, 6) is 0. The van der Waals surface area contributed by atoms with E-state index >= 15 is 0 Å². The molecule has 0 fully saturated rings. The Morgan fingerprint density at radius 3 is 2.24 bits per heavy atom. The second kappa shape index (κ2) is 10.0. The zero-order chi connectivity index (χ0) is 28.2. The molecule has 0 radical (unpaired) electrons. The fraction of sp³-hybridized carbons (Fsp3) is 0.0789. The molecule has 0 amide bonds. The molecule has 8 rings (SSSR count). The van der Waals surface area contributed by atoms with E-state index in [2.05, 4.69) is 132 Å². The van der Waals surface area contributed by atoms with Crippen LogP contribution in [0.3, 0.4) is 0 Å². The molecule has 0 atom stereocenters.